The van der Waals surface area contributed by atoms with E-state index in [0.29, 0.717) is 34.3 Å². The number of aromatic nitrogens is 2. The van der Waals surface area contributed by atoms with Crippen LogP contribution in [0.2, 0.25) is 0 Å². The van der Waals surface area contributed by atoms with Gasteiger partial charge in [0.25, 0.3) is 11.8 Å². The van der Waals surface area contributed by atoms with Crippen molar-refractivity contribution in [2.45, 2.75) is 51.5 Å². The Kier molecular flexibility index (Phi) is 3.43. The van der Waals surface area contributed by atoms with Crippen molar-refractivity contribution in [3.8, 4) is 11.5 Å². The maximum atomic E-state index is 12.7. The van der Waals surface area contributed by atoms with Gasteiger partial charge in [0.05, 0.1) is 11.1 Å². The number of benzene rings is 1. The van der Waals surface area contributed by atoms with Gasteiger partial charge in [-0.25, -0.2) is 0 Å². The van der Waals surface area contributed by atoms with Crippen molar-refractivity contribution in [2.24, 2.45) is 5.41 Å². The van der Waals surface area contributed by atoms with Crippen LogP contribution in [0.3, 0.4) is 0 Å². The van der Waals surface area contributed by atoms with E-state index in [1.807, 2.05) is 24.3 Å². The average Bonchev–Trinajstić information content (AvgIpc) is 3.02. The molecule has 2 aliphatic carbocycles. The molecule has 5 nitrogen and oxygen atoms in total. The predicted molar refractivity (Wildman–Crippen MR) is 85.9 cm³/mol. The fraction of sp³-hybridized carbons (Fsp3) is 0.500. The van der Waals surface area contributed by atoms with Gasteiger partial charge in [0.15, 0.2) is 5.82 Å². The highest BCUT2D eigenvalue weighted by Gasteiger charge is 2.54. The number of amides is 1. The van der Waals surface area contributed by atoms with Crippen molar-refractivity contribution < 1.29 is 9.32 Å². The van der Waals surface area contributed by atoms with Crippen molar-refractivity contribution in [1.82, 2.24) is 15.5 Å². The third-order valence-corrected chi connectivity index (χ3v) is 5.27. The van der Waals surface area contributed by atoms with Gasteiger partial charge < -0.3 is 9.84 Å². The number of nitrogens with one attached hydrogen (secondary N) is 1. The zero-order chi connectivity index (χ0) is 15.9. The molecule has 2 fully saturated rings. The Hall–Kier alpha value is -2.17. The molecule has 1 unspecified atom stereocenters. The molecule has 2 aromatic rings. The Bertz CT molecular complexity index is 731. The zero-order valence-corrected chi connectivity index (χ0v) is 13.3. The van der Waals surface area contributed by atoms with E-state index in [-0.39, 0.29) is 5.91 Å². The quantitative estimate of drug-likeness (QED) is 0.942. The lowest BCUT2D eigenvalue weighted by molar-refractivity contribution is 0.0942. The molecule has 1 aromatic carbocycles. The van der Waals surface area contributed by atoms with Crippen LogP contribution in [-0.2, 0) is 0 Å². The minimum absolute atomic E-state index is 0.0381. The highest BCUT2D eigenvalue weighted by atomic mass is 16.5. The van der Waals surface area contributed by atoms with Crippen LogP contribution in [-0.4, -0.2) is 22.1 Å². The molecule has 120 valence electrons. The van der Waals surface area contributed by atoms with Crippen LogP contribution in [0.15, 0.2) is 28.8 Å². The lowest BCUT2D eigenvalue weighted by Crippen LogP contribution is -2.31. The predicted octanol–water partition coefficient (Wildman–Crippen LogP) is 3.50. The molecule has 2 aliphatic rings. The Morgan fingerprint density at radius 3 is 2.78 bits per heavy atom. The van der Waals surface area contributed by atoms with Gasteiger partial charge in [0.2, 0.25) is 0 Å². The summed E-state index contributed by atoms with van der Waals surface area (Å²) in [7, 11) is 0. The van der Waals surface area contributed by atoms with Crippen LogP contribution in [0.1, 0.15) is 54.7 Å². The number of nitrogens with zero attached hydrogens (tertiary/aromatic N) is 2. The van der Waals surface area contributed by atoms with Crippen LogP contribution in [0, 0.1) is 12.3 Å². The first-order chi connectivity index (χ1) is 11.2. The van der Waals surface area contributed by atoms with Crippen molar-refractivity contribution in [1.29, 1.82) is 0 Å². The fourth-order valence-electron chi connectivity index (χ4n) is 3.87. The average molecular weight is 311 g/mol. The maximum absolute atomic E-state index is 12.7. The first-order valence-corrected chi connectivity index (χ1v) is 8.39. The Morgan fingerprint density at radius 2 is 2.04 bits per heavy atom. The van der Waals surface area contributed by atoms with Crippen molar-refractivity contribution in [3.63, 3.8) is 0 Å². The molecule has 0 radical (unpaired) electrons. The van der Waals surface area contributed by atoms with Crippen LogP contribution >= 0.6 is 0 Å². The van der Waals surface area contributed by atoms with Gasteiger partial charge in [-0.05, 0) is 43.7 Å². The minimum Gasteiger partial charge on any atom is -0.349 e. The molecule has 1 N–H and O–H groups in total. The molecule has 0 saturated heterocycles. The van der Waals surface area contributed by atoms with Gasteiger partial charge in [-0.1, -0.05) is 36.6 Å². The summed E-state index contributed by atoms with van der Waals surface area (Å²) in [6, 6.07) is 7.74. The number of rotatable bonds is 3. The van der Waals surface area contributed by atoms with E-state index in [9.17, 15) is 4.79 Å². The second-order valence-corrected chi connectivity index (χ2v) is 6.85. The minimum atomic E-state index is -0.0381. The van der Waals surface area contributed by atoms with E-state index in [1.54, 1.807) is 6.92 Å². The summed E-state index contributed by atoms with van der Waals surface area (Å²) in [5.41, 5.74) is 1.68. The molecule has 5 heteroatoms. The van der Waals surface area contributed by atoms with Gasteiger partial charge in [0.1, 0.15) is 0 Å². The van der Waals surface area contributed by atoms with E-state index in [4.69, 9.17) is 4.52 Å². The Morgan fingerprint density at radius 1 is 1.26 bits per heavy atom. The lowest BCUT2D eigenvalue weighted by atomic mass is 9.85. The Balaban J connectivity index is 1.53. The maximum Gasteiger partial charge on any atom is 0.258 e. The first kappa shape index (κ1) is 14.4. The van der Waals surface area contributed by atoms with Gasteiger partial charge in [-0.2, -0.15) is 4.98 Å². The molecule has 1 spiro atoms. The molecular weight excluding hydrogens is 290 g/mol. The second kappa shape index (κ2) is 5.48. The smallest absolute Gasteiger partial charge is 0.258 e. The van der Waals surface area contributed by atoms with Crippen LogP contribution < -0.4 is 5.32 Å². The fourth-order valence-corrected chi connectivity index (χ4v) is 3.87. The second-order valence-electron chi connectivity index (χ2n) is 6.85. The normalized spacial score (nSPS) is 22.0. The molecule has 0 aliphatic heterocycles. The van der Waals surface area contributed by atoms with E-state index in [0.717, 1.165) is 6.42 Å². The van der Waals surface area contributed by atoms with Crippen molar-refractivity contribution in [2.75, 3.05) is 0 Å². The van der Waals surface area contributed by atoms with E-state index in [1.165, 1.54) is 32.1 Å². The monoisotopic (exact) mass is 311 g/mol. The molecule has 4 rings (SSSR count). The van der Waals surface area contributed by atoms with Crippen LogP contribution in [0.5, 0.6) is 0 Å². The highest BCUT2D eigenvalue weighted by Crippen LogP contribution is 2.56. The summed E-state index contributed by atoms with van der Waals surface area (Å²) < 4.78 is 5.23. The number of hydrogen-bond donors (Lipinski definition) is 1. The van der Waals surface area contributed by atoms with Gasteiger partial charge >= 0.3 is 0 Å². The zero-order valence-electron chi connectivity index (χ0n) is 13.3. The largest absolute Gasteiger partial charge is 0.349 e. The van der Waals surface area contributed by atoms with Crippen molar-refractivity contribution >= 4 is 5.91 Å². The summed E-state index contributed by atoms with van der Waals surface area (Å²) in [6.07, 6.45) is 7.56. The molecule has 0 bridgehead atoms. The van der Waals surface area contributed by atoms with Gasteiger partial charge in [-0.3, -0.25) is 4.79 Å². The van der Waals surface area contributed by atoms with Crippen molar-refractivity contribution in [3.05, 3.63) is 35.7 Å². The number of aryl methyl sites for hydroxylation is 1. The summed E-state index contributed by atoms with van der Waals surface area (Å²) in [5, 5.41) is 7.04. The molecule has 1 atom stereocenters. The van der Waals surface area contributed by atoms with Crippen LogP contribution in [0.25, 0.3) is 11.5 Å². The van der Waals surface area contributed by atoms with Gasteiger partial charge in [-0.15, -0.1) is 0 Å². The lowest BCUT2D eigenvalue weighted by Gasteiger charge is -2.22. The number of hydrogen-bond acceptors (Lipinski definition) is 4. The number of carbonyl (C=O) groups excluding carboxylic acids is 1. The van der Waals surface area contributed by atoms with E-state index < -0.39 is 0 Å². The molecule has 1 amide bonds. The summed E-state index contributed by atoms with van der Waals surface area (Å²) >= 11 is 0. The molecule has 2 saturated carbocycles. The Labute approximate surface area is 135 Å². The summed E-state index contributed by atoms with van der Waals surface area (Å²) in [6.45, 7) is 1.77. The molecule has 23 heavy (non-hydrogen) atoms. The SMILES string of the molecule is Cc1noc(-c2ccccc2C(=O)NC2CC23CCCCC3)n1. The topological polar surface area (TPSA) is 68.0 Å². The number of carbonyl (C=O) groups is 1. The van der Waals surface area contributed by atoms with Crippen LogP contribution in [0.4, 0.5) is 0 Å². The first-order valence-electron chi connectivity index (χ1n) is 8.39. The summed E-state index contributed by atoms with van der Waals surface area (Å²) in [4.78, 5) is 17.0. The van der Waals surface area contributed by atoms with E-state index in [2.05, 4.69) is 15.5 Å². The standard InChI is InChI=1S/C18H21N3O2/c1-12-19-17(23-21-12)14-8-4-3-7-13(14)16(22)20-15-11-18(15)9-5-2-6-10-18/h3-4,7-8,15H,2,5-6,9-11H2,1H3,(H,20,22). The summed E-state index contributed by atoms with van der Waals surface area (Å²) in [5.74, 6) is 0.930. The third-order valence-electron chi connectivity index (χ3n) is 5.27. The van der Waals surface area contributed by atoms with Gasteiger partial charge in [0, 0.05) is 6.04 Å². The third kappa shape index (κ3) is 2.64. The highest BCUT2D eigenvalue weighted by molar-refractivity contribution is 6.00. The molecular formula is C18H21N3O2. The molecule has 1 heterocycles. The van der Waals surface area contributed by atoms with E-state index >= 15 is 0 Å². The molecule has 1 aromatic heterocycles.